The van der Waals surface area contributed by atoms with Crippen molar-refractivity contribution in [1.82, 2.24) is 0 Å². The quantitative estimate of drug-likeness (QED) is 0.624. The summed E-state index contributed by atoms with van der Waals surface area (Å²) in [7, 11) is 0. The van der Waals surface area contributed by atoms with Gasteiger partial charge in [0.05, 0.1) is 0 Å². The molecule has 2 heteroatoms. The highest BCUT2D eigenvalue weighted by molar-refractivity contribution is 6.08. The van der Waals surface area contributed by atoms with Gasteiger partial charge in [0.15, 0.2) is 0 Å². The van der Waals surface area contributed by atoms with Crippen LogP contribution in [0.25, 0.3) is 0 Å². The number of rotatable bonds is 2. The van der Waals surface area contributed by atoms with Crippen molar-refractivity contribution < 1.29 is 0 Å². The third kappa shape index (κ3) is 1.59. The minimum absolute atomic E-state index is 0.511. The predicted octanol–water partition coefficient (Wildman–Crippen LogP) is 2.46. The van der Waals surface area contributed by atoms with Gasteiger partial charge in [-0.1, -0.05) is 24.3 Å². The zero-order valence-electron chi connectivity index (χ0n) is 7.31. The van der Waals surface area contributed by atoms with Gasteiger partial charge in [0, 0.05) is 22.6 Å². The van der Waals surface area contributed by atoms with E-state index in [2.05, 4.69) is 0 Å². The smallest absolute Gasteiger partial charge is 0.0361 e. The lowest BCUT2D eigenvalue weighted by Crippen LogP contribution is -2.02. The number of hydrogen-bond donors (Lipinski definition) is 2. The minimum Gasteiger partial charge on any atom is -0.305 e. The summed E-state index contributed by atoms with van der Waals surface area (Å²) in [4.78, 5) is 0. The Balaban J connectivity index is 3.27. The van der Waals surface area contributed by atoms with Gasteiger partial charge in [0.25, 0.3) is 0 Å². The summed E-state index contributed by atoms with van der Waals surface area (Å²) in [5.74, 6) is 0. The SMILES string of the molecule is CC(=N)c1ccccc1C(C)=N. The molecule has 0 unspecified atom stereocenters. The maximum atomic E-state index is 7.47. The molecule has 0 saturated heterocycles. The van der Waals surface area contributed by atoms with Crippen LogP contribution in [0.4, 0.5) is 0 Å². The first kappa shape index (κ1) is 8.65. The third-order valence-electron chi connectivity index (χ3n) is 1.74. The fourth-order valence-electron chi connectivity index (χ4n) is 1.14. The lowest BCUT2D eigenvalue weighted by Gasteiger charge is -2.05. The van der Waals surface area contributed by atoms with E-state index in [0.29, 0.717) is 11.4 Å². The monoisotopic (exact) mass is 160 g/mol. The second-order valence-electron chi connectivity index (χ2n) is 2.80. The van der Waals surface area contributed by atoms with Gasteiger partial charge in [-0.3, -0.25) is 0 Å². The first-order chi connectivity index (χ1) is 5.63. The summed E-state index contributed by atoms with van der Waals surface area (Å²) in [5.41, 5.74) is 2.73. The predicted molar refractivity (Wildman–Crippen MR) is 51.4 cm³/mol. The van der Waals surface area contributed by atoms with Crippen LogP contribution in [-0.2, 0) is 0 Å². The van der Waals surface area contributed by atoms with Gasteiger partial charge in [-0.05, 0) is 13.8 Å². The van der Waals surface area contributed by atoms with Crippen molar-refractivity contribution >= 4 is 11.4 Å². The molecule has 12 heavy (non-hydrogen) atoms. The van der Waals surface area contributed by atoms with Gasteiger partial charge in [0.2, 0.25) is 0 Å². The van der Waals surface area contributed by atoms with E-state index < -0.39 is 0 Å². The first-order valence-corrected chi connectivity index (χ1v) is 3.83. The van der Waals surface area contributed by atoms with Crippen molar-refractivity contribution in [1.29, 1.82) is 10.8 Å². The Bertz CT molecular complexity index is 293. The van der Waals surface area contributed by atoms with E-state index in [-0.39, 0.29) is 0 Å². The molecule has 2 N–H and O–H groups in total. The van der Waals surface area contributed by atoms with E-state index in [4.69, 9.17) is 10.8 Å². The number of nitrogens with one attached hydrogen (secondary N) is 2. The molecule has 0 atom stereocenters. The molecule has 0 aliphatic rings. The van der Waals surface area contributed by atoms with Crippen molar-refractivity contribution in [2.75, 3.05) is 0 Å². The molecule has 0 aromatic heterocycles. The largest absolute Gasteiger partial charge is 0.305 e. The van der Waals surface area contributed by atoms with E-state index in [1.165, 1.54) is 0 Å². The van der Waals surface area contributed by atoms with Crippen LogP contribution in [0.15, 0.2) is 24.3 Å². The fraction of sp³-hybridized carbons (Fsp3) is 0.200. The average Bonchev–Trinajstić information content (AvgIpc) is 2.04. The standard InChI is InChI=1S/C10H12N2/c1-7(11)9-5-3-4-6-10(9)8(2)12/h3-6,11-12H,1-2H3. The highest BCUT2D eigenvalue weighted by Crippen LogP contribution is 2.09. The van der Waals surface area contributed by atoms with Gasteiger partial charge in [-0.2, -0.15) is 0 Å². The lowest BCUT2D eigenvalue weighted by molar-refractivity contribution is 1.41. The van der Waals surface area contributed by atoms with E-state index in [9.17, 15) is 0 Å². The van der Waals surface area contributed by atoms with Crippen molar-refractivity contribution in [2.24, 2.45) is 0 Å². The Morgan fingerprint density at radius 2 is 1.25 bits per heavy atom. The molecule has 1 aromatic rings. The molecule has 0 saturated carbocycles. The molecule has 0 bridgehead atoms. The maximum absolute atomic E-state index is 7.47. The van der Waals surface area contributed by atoms with Crippen LogP contribution in [0.3, 0.4) is 0 Å². The summed E-state index contributed by atoms with van der Waals surface area (Å²) in [6.07, 6.45) is 0. The molecule has 0 heterocycles. The number of hydrogen-bond acceptors (Lipinski definition) is 2. The maximum Gasteiger partial charge on any atom is 0.0361 e. The summed E-state index contributed by atoms with van der Waals surface area (Å²) >= 11 is 0. The molecule has 0 aliphatic heterocycles. The minimum atomic E-state index is 0.511. The zero-order valence-corrected chi connectivity index (χ0v) is 7.31. The van der Waals surface area contributed by atoms with E-state index in [1.807, 2.05) is 24.3 Å². The van der Waals surface area contributed by atoms with Gasteiger partial charge >= 0.3 is 0 Å². The molecule has 62 valence electrons. The van der Waals surface area contributed by atoms with Gasteiger partial charge in [-0.15, -0.1) is 0 Å². The Morgan fingerprint density at radius 3 is 1.50 bits per heavy atom. The van der Waals surface area contributed by atoms with Crippen LogP contribution in [0.5, 0.6) is 0 Å². The molecule has 0 aliphatic carbocycles. The summed E-state index contributed by atoms with van der Waals surface area (Å²) in [6.45, 7) is 3.48. The normalized spacial score (nSPS) is 9.50. The van der Waals surface area contributed by atoms with Crippen LogP contribution in [-0.4, -0.2) is 11.4 Å². The lowest BCUT2D eigenvalue weighted by atomic mass is 10.0. The Kier molecular flexibility index (Phi) is 2.38. The second kappa shape index (κ2) is 3.30. The molecule has 0 fully saturated rings. The van der Waals surface area contributed by atoms with Crippen molar-refractivity contribution in [3.63, 3.8) is 0 Å². The van der Waals surface area contributed by atoms with Gasteiger partial charge in [-0.25, -0.2) is 0 Å². The number of benzene rings is 1. The fourth-order valence-corrected chi connectivity index (χ4v) is 1.14. The Hall–Kier alpha value is -1.44. The van der Waals surface area contributed by atoms with Crippen LogP contribution < -0.4 is 0 Å². The second-order valence-corrected chi connectivity index (χ2v) is 2.80. The average molecular weight is 160 g/mol. The topological polar surface area (TPSA) is 47.7 Å². The van der Waals surface area contributed by atoms with Gasteiger partial charge in [0.1, 0.15) is 0 Å². The van der Waals surface area contributed by atoms with E-state index in [1.54, 1.807) is 13.8 Å². The van der Waals surface area contributed by atoms with Crippen LogP contribution in [0, 0.1) is 10.8 Å². The van der Waals surface area contributed by atoms with Crippen LogP contribution in [0.2, 0.25) is 0 Å². The van der Waals surface area contributed by atoms with Crippen LogP contribution >= 0.6 is 0 Å². The summed E-state index contributed by atoms with van der Waals surface area (Å²) in [6, 6.07) is 7.52. The molecule has 0 radical (unpaired) electrons. The zero-order chi connectivity index (χ0) is 9.14. The van der Waals surface area contributed by atoms with Crippen LogP contribution in [0.1, 0.15) is 25.0 Å². The molecule has 1 aromatic carbocycles. The molecular formula is C10H12N2. The molecule has 0 amide bonds. The van der Waals surface area contributed by atoms with Gasteiger partial charge < -0.3 is 10.8 Å². The van der Waals surface area contributed by atoms with E-state index >= 15 is 0 Å². The first-order valence-electron chi connectivity index (χ1n) is 3.83. The molecule has 0 spiro atoms. The molecular weight excluding hydrogens is 148 g/mol. The van der Waals surface area contributed by atoms with E-state index in [0.717, 1.165) is 11.1 Å². The summed E-state index contributed by atoms with van der Waals surface area (Å²) in [5, 5.41) is 14.9. The third-order valence-corrected chi connectivity index (χ3v) is 1.74. The van der Waals surface area contributed by atoms with Crippen molar-refractivity contribution in [3.8, 4) is 0 Å². The molecule has 1 rings (SSSR count). The van der Waals surface area contributed by atoms with Crippen molar-refractivity contribution in [2.45, 2.75) is 13.8 Å². The Morgan fingerprint density at radius 1 is 0.917 bits per heavy atom. The highest BCUT2D eigenvalue weighted by atomic mass is 14.4. The highest BCUT2D eigenvalue weighted by Gasteiger charge is 2.03. The van der Waals surface area contributed by atoms with Crippen molar-refractivity contribution in [3.05, 3.63) is 35.4 Å². The molecule has 2 nitrogen and oxygen atoms in total. The Labute approximate surface area is 72.3 Å². The summed E-state index contributed by atoms with van der Waals surface area (Å²) < 4.78 is 0.